The van der Waals surface area contributed by atoms with Crippen LogP contribution in [-0.2, 0) is 22.7 Å². The lowest BCUT2D eigenvalue weighted by Crippen LogP contribution is -2.27. The third-order valence-electron chi connectivity index (χ3n) is 4.09. The van der Waals surface area contributed by atoms with Crippen LogP contribution in [-0.4, -0.2) is 28.5 Å². The van der Waals surface area contributed by atoms with Gasteiger partial charge in [0.15, 0.2) is 0 Å². The van der Waals surface area contributed by atoms with Gasteiger partial charge in [-0.15, -0.1) is 0 Å². The number of benzene rings is 1. The zero-order valence-electron chi connectivity index (χ0n) is 14.9. The predicted molar refractivity (Wildman–Crippen MR) is 102 cm³/mol. The van der Waals surface area contributed by atoms with Crippen molar-refractivity contribution in [1.29, 1.82) is 0 Å². The number of fused-ring (bicyclic) bond motifs is 1. The van der Waals surface area contributed by atoms with Crippen LogP contribution in [0.25, 0.3) is 11.0 Å². The molecule has 0 aliphatic rings. The number of nitrogens with zero attached hydrogens (tertiary/aromatic N) is 1. The summed E-state index contributed by atoms with van der Waals surface area (Å²) in [7, 11) is 0. The highest BCUT2D eigenvalue weighted by Crippen LogP contribution is 2.14. The number of carbonyl (C=O) groups excluding carboxylic acids is 2. The largest absolute Gasteiger partial charge is 0.445 e. The van der Waals surface area contributed by atoms with Crippen molar-refractivity contribution in [3.63, 3.8) is 0 Å². The number of H-pyrrole nitrogens is 1. The van der Waals surface area contributed by atoms with Crippen LogP contribution < -0.4 is 10.6 Å². The maximum atomic E-state index is 12.0. The summed E-state index contributed by atoms with van der Waals surface area (Å²) in [6.07, 6.45) is 3.94. The normalized spacial score (nSPS) is 10.5. The molecule has 0 saturated carbocycles. The summed E-state index contributed by atoms with van der Waals surface area (Å²) < 4.78 is 5.11. The van der Waals surface area contributed by atoms with Gasteiger partial charge in [0.2, 0.25) is 5.91 Å². The standard InChI is InChI=1S/C20H22N4O3/c25-18(24-13-16-8-11-21-19-17(16)9-12-22-19)7-4-10-23-20(26)27-14-15-5-2-1-3-6-15/h1-3,5-6,8-9,11-12H,4,7,10,13-14H2,(H,21,22)(H,23,26)(H,24,25). The van der Waals surface area contributed by atoms with E-state index in [1.165, 1.54) is 0 Å². The van der Waals surface area contributed by atoms with Gasteiger partial charge in [0.25, 0.3) is 0 Å². The summed E-state index contributed by atoms with van der Waals surface area (Å²) in [5.74, 6) is -0.0602. The lowest BCUT2D eigenvalue weighted by atomic mass is 10.2. The van der Waals surface area contributed by atoms with Gasteiger partial charge in [-0.25, -0.2) is 9.78 Å². The molecule has 2 aromatic heterocycles. The van der Waals surface area contributed by atoms with E-state index in [-0.39, 0.29) is 12.5 Å². The van der Waals surface area contributed by atoms with E-state index in [1.807, 2.05) is 48.7 Å². The Morgan fingerprint density at radius 2 is 1.93 bits per heavy atom. The number of amides is 2. The lowest BCUT2D eigenvalue weighted by Gasteiger charge is -2.08. The van der Waals surface area contributed by atoms with Crippen molar-refractivity contribution in [2.75, 3.05) is 6.54 Å². The number of rotatable bonds is 8. The van der Waals surface area contributed by atoms with Crippen molar-refractivity contribution in [2.24, 2.45) is 0 Å². The number of ether oxygens (including phenoxy) is 1. The molecule has 3 aromatic rings. The molecule has 0 aliphatic heterocycles. The first-order valence-corrected chi connectivity index (χ1v) is 8.84. The minimum absolute atomic E-state index is 0.0602. The van der Waals surface area contributed by atoms with Crippen LogP contribution in [0.5, 0.6) is 0 Å². The van der Waals surface area contributed by atoms with Gasteiger partial charge in [-0.1, -0.05) is 30.3 Å². The van der Waals surface area contributed by atoms with Crippen molar-refractivity contribution >= 4 is 23.0 Å². The summed E-state index contributed by atoms with van der Waals surface area (Å²) in [4.78, 5) is 30.9. The van der Waals surface area contributed by atoms with E-state index >= 15 is 0 Å². The fraction of sp³-hybridized carbons (Fsp3) is 0.250. The molecule has 7 nitrogen and oxygen atoms in total. The number of alkyl carbamates (subject to hydrolysis) is 1. The number of aromatic nitrogens is 2. The van der Waals surface area contributed by atoms with Crippen LogP contribution in [0.1, 0.15) is 24.0 Å². The molecule has 0 saturated heterocycles. The molecule has 2 amide bonds. The van der Waals surface area contributed by atoms with E-state index in [4.69, 9.17) is 4.74 Å². The molecule has 0 atom stereocenters. The van der Waals surface area contributed by atoms with Gasteiger partial charge in [-0.2, -0.15) is 0 Å². The van der Waals surface area contributed by atoms with Gasteiger partial charge in [-0.3, -0.25) is 4.79 Å². The van der Waals surface area contributed by atoms with E-state index in [2.05, 4.69) is 20.6 Å². The molecule has 27 heavy (non-hydrogen) atoms. The summed E-state index contributed by atoms with van der Waals surface area (Å²) >= 11 is 0. The molecule has 0 radical (unpaired) electrons. The van der Waals surface area contributed by atoms with Crippen molar-refractivity contribution in [3.8, 4) is 0 Å². The monoisotopic (exact) mass is 366 g/mol. The number of hydrogen-bond donors (Lipinski definition) is 3. The Labute approximate surface area is 157 Å². The van der Waals surface area contributed by atoms with E-state index in [0.717, 1.165) is 22.2 Å². The Morgan fingerprint density at radius 1 is 1.07 bits per heavy atom. The number of aromatic amines is 1. The van der Waals surface area contributed by atoms with Gasteiger partial charge < -0.3 is 20.4 Å². The van der Waals surface area contributed by atoms with Crippen molar-refractivity contribution in [3.05, 3.63) is 66.0 Å². The summed E-state index contributed by atoms with van der Waals surface area (Å²) in [5.41, 5.74) is 2.75. The van der Waals surface area contributed by atoms with E-state index < -0.39 is 6.09 Å². The smallest absolute Gasteiger partial charge is 0.407 e. The Balaban J connectivity index is 1.30. The SMILES string of the molecule is O=C(CCCNC(=O)OCc1ccccc1)NCc1ccnc2[nH]ccc12. The number of hydrogen-bond acceptors (Lipinski definition) is 4. The van der Waals surface area contributed by atoms with Gasteiger partial charge in [0.05, 0.1) is 0 Å². The Kier molecular flexibility index (Phi) is 6.40. The van der Waals surface area contributed by atoms with E-state index in [0.29, 0.717) is 25.9 Å². The molecule has 2 heterocycles. The Bertz CT molecular complexity index is 892. The van der Waals surface area contributed by atoms with Crippen LogP contribution in [0.2, 0.25) is 0 Å². The number of nitrogens with one attached hydrogen (secondary N) is 3. The molecular weight excluding hydrogens is 344 g/mol. The fourth-order valence-electron chi connectivity index (χ4n) is 2.67. The zero-order chi connectivity index (χ0) is 18.9. The molecule has 0 aliphatic carbocycles. The first-order valence-electron chi connectivity index (χ1n) is 8.84. The van der Waals surface area contributed by atoms with Crippen molar-refractivity contribution < 1.29 is 14.3 Å². The zero-order valence-corrected chi connectivity index (χ0v) is 14.9. The van der Waals surface area contributed by atoms with Gasteiger partial charge >= 0.3 is 6.09 Å². The molecule has 1 aromatic carbocycles. The summed E-state index contributed by atoms with van der Waals surface area (Å²) in [5, 5.41) is 6.54. The third-order valence-corrected chi connectivity index (χ3v) is 4.09. The first-order chi connectivity index (χ1) is 13.2. The maximum absolute atomic E-state index is 12.0. The molecular formula is C20H22N4O3. The molecule has 3 N–H and O–H groups in total. The topological polar surface area (TPSA) is 96.1 Å². The molecule has 3 rings (SSSR count). The van der Waals surface area contributed by atoms with Crippen LogP contribution in [0.3, 0.4) is 0 Å². The minimum Gasteiger partial charge on any atom is -0.445 e. The van der Waals surface area contributed by atoms with Crippen LogP contribution in [0, 0.1) is 0 Å². The molecule has 140 valence electrons. The molecule has 0 unspecified atom stereocenters. The highest BCUT2D eigenvalue weighted by Gasteiger charge is 2.06. The minimum atomic E-state index is -0.481. The van der Waals surface area contributed by atoms with E-state index in [9.17, 15) is 9.59 Å². The summed E-state index contributed by atoms with van der Waals surface area (Å²) in [6.45, 7) is 1.06. The van der Waals surface area contributed by atoms with Gasteiger partial charge in [0, 0.05) is 37.3 Å². The molecule has 0 spiro atoms. The second-order valence-electron chi connectivity index (χ2n) is 6.08. The average molecular weight is 366 g/mol. The molecule has 0 bridgehead atoms. The first kappa shape index (κ1) is 18.4. The highest BCUT2D eigenvalue weighted by molar-refractivity contribution is 5.80. The van der Waals surface area contributed by atoms with Gasteiger partial charge in [-0.05, 0) is 29.7 Å². The van der Waals surface area contributed by atoms with Crippen LogP contribution in [0.15, 0.2) is 54.9 Å². The maximum Gasteiger partial charge on any atom is 0.407 e. The number of pyridine rings is 1. The van der Waals surface area contributed by atoms with Gasteiger partial charge in [0.1, 0.15) is 12.3 Å². The van der Waals surface area contributed by atoms with Crippen molar-refractivity contribution in [1.82, 2.24) is 20.6 Å². The summed E-state index contributed by atoms with van der Waals surface area (Å²) in [6, 6.07) is 13.3. The van der Waals surface area contributed by atoms with E-state index in [1.54, 1.807) is 6.20 Å². The predicted octanol–water partition coefficient (Wildman–Crippen LogP) is 2.89. The second kappa shape index (κ2) is 9.38. The quantitative estimate of drug-likeness (QED) is 0.534. The third kappa shape index (κ3) is 5.57. The number of carbonyl (C=O) groups is 2. The van der Waals surface area contributed by atoms with Crippen molar-refractivity contribution in [2.45, 2.75) is 26.0 Å². The van der Waals surface area contributed by atoms with Crippen LogP contribution >= 0.6 is 0 Å². The highest BCUT2D eigenvalue weighted by atomic mass is 16.5. The van der Waals surface area contributed by atoms with Crippen LogP contribution in [0.4, 0.5) is 4.79 Å². The fourth-order valence-corrected chi connectivity index (χ4v) is 2.67. The second-order valence-corrected chi connectivity index (χ2v) is 6.08. The Morgan fingerprint density at radius 3 is 2.78 bits per heavy atom. The molecule has 0 fully saturated rings. The average Bonchev–Trinajstić information content (AvgIpc) is 3.18. The Hall–Kier alpha value is -3.35. The lowest BCUT2D eigenvalue weighted by molar-refractivity contribution is -0.121. The molecule has 7 heteroatoms.